The fraction of sp³-hybridized carbons (Fsp3) is 0.500. The fourth-order valence-corrected chi connectivity index (χ4v) is 1.26. The molecule has 0 bridgehead atoms. The minimum absolute atomic E-state index is 0.293. The lowest BCUT2D eigenvalue weighted by atomic mass is 10.0. The Balaban J connectivity index is 2.78. The van der Waals surface area contributed by atoms with Crippen molar-refractivity contribution < 1.29 is 9.53 Å². The van der Waals surface area contributed by atoms with E-state index in [0.717, 1.165) is 5.56 Å². The first-order valence-electron chi connectivity index (χ1n) is 5.54. The lowest BCUT2D eigenvalue weighted by molar-refractivity contribution is 0.00695. The molecule has 0 aliphatic rings. The molecular weight excluding hydrogens is 200 g/mol. The minimum Gasteiger partial charge on any atom is -0.456 e. The molecule has 0 unspecified atom stereocenters. The Kier molecular flexibility index (Phi) is 3.74. The van der Waals surface area contributed by atoms with Crippen LogP contribution in [0.15, 0.2) is 18.2 Å². The average Bonchev–Trinajstić information content (AvgIpc) is 2.15. The van der Waals surface area contributed by atoms with E-state index in [4.69, 9.17) is 4.74 Å². The van der Waals surface area contributed by atoms with Gasteiger partial charge in [0.05, 0.1) is 5.56 Å². The molecule has 0 spiro atoms. The maximum absolute atomic E-state index is 11.7. The zero-order valence-electron chi connectivity index (χ0n) is 10.6. The molecule has 0 aromatic heterocycles. The summed E-state index contributed by atoms with van der Waals surface area (Å²) in [6, 6.07) is 8.51. The first-order chi connectivity index (χ1) is 7.29. The number of rotatable bonds is 2. The summed E-state index contributed by atoms with van der Waals surface area (Å²) in [5.41, 5.74) is 1.21. The number of carbonyl (C=O) groups is 1. The van der Waals surface area contributed by atoms with E-state index >= 15 is 0 Å². The summed E-state index contributed by atoms with van der Waals surface area (Å²) in [6.07, 6.45) is 0. The molecule has 1 rings (SSSR count). The number of carbonyl (C=O) groups excluding carboxylic acids is 1. The molecule has 16 heavy (non-hydrogen) atoms. The van der Waals surface area contributed by atoms with Crippen molar-refractivity contribution in [3.8, 4) is 0 Å². The van der Waals surface area contributed by atoms with Crippen LogP contribution in [0.1, 0.15) is 56.5 Å². The number of esters is 1. The van der Waals surface area contributed by atoms with E-state index in [2.05, 4.69) is 19.9 Å². The van der Waals surface area contributed by atoms with E-state index < -0.39 is 5.60 Å². The van der Waals surface area contributed by atoms with E-state index in [9.17, 15) is 4.79 Å². The maximum Gasteiger partial charge on any atom is 0.338 e. The molecule has 1 aromatic carbocycles. The van der Waals surface area contributed by atoms with E-state index in [-0.39, 0.29) is 5.97 Å². The van der Waals surface area contributed by atoms with Crippen LogP contribution in [0.5, 0.6) is 0 Å². The van der Waals surface area contributed by atoms with Crippen molar-refractivity contribution in [3.63, 3.8) is 0 Å². The van der Waals surface area contributed by atoms with Crippen LogP contribution in [0.25, 0.3) is 0 Å². The second-order valence-electron chi connectivity index (χ2n) is 5.19. The summed E-state index contributed by atoms with van der Waals surface area (Å²) in [5, 5.41) is 0. The second kappa shape index (κ2) is 4.69. The van der Waals surface area contributed by atoms with Gasteiger partial charge in [0, 0.05) is 0 Å². The first kappa shape index (κ1) is 12.8. The van der Waals surface area contributed by atoms with Crippen LogP contribution < -0.4 is 0 Å². The van der Waals surface area contributed by atoms with Gasteiger partial charge in [0.2, 0.25) is 0 Å². The third kappa shape index (κ3) is 3.69. The standard InChI is InChI=1S/C14H19O2/c1-10(2)11-6-8-12(9-7-11)13(15)16-14(3,4)5/h6,8-10H,1-5H3. The topological polar surface area (TPSA) is 26.3 Å². The molecule has 0 aliphatic carbocycles. The van der Waals surface area contributed by atoms with Crippen molar-refractivity contribution in [2.24, 2.45) is 0 Å². The van der Waals surface area contributed by atoms with Crippen LogP contribution >= 0.6 is 0 Å². The molecule has 0 heterocycles. The lowest BCUT2D eigenvalue weighted by Crippen LogP contribution is -2.23. The molecule has 0 atom stereocenters. The number of hydrogen-bond donors (Lipinski definition) is 0. The van der Waals surface area contributed by atoms with Crippen LogP contribution in [0.4, 0.5) is 0 Å². The maximum atomic E-state index is 11.7. The van der Waals surface area contributed by atoms with Crippen molar-refractivity contribution in [3.05, 3.63) is 35.4 Å². The third-order valence-electron chi connectivity index (χ3n) is 2.09. The highest BCUT2D eigenvalue weighted by Gasteiger charge is 2.17. The summed E-state index contributed by atoms with van der Waals surface area (Å²) < 4.78 is 5.27. The van der Waals surface area contributed by atoms with Crippen LogP contribution in [-0.4, -0.2) is 11.6 Å². The molecule has 0 aliphatic heterocycles. The highest BCUT2D eigenvalue weighted by atomic mass is 16.6. The number of benzene rings is 1. The van der Waals surface area contributed by atoms with Crippen molar-refractivity contribution in [2.45, 2.75) is 46.1 Å². The Morgan fingerprint density at radius 2 is 1.94 bits per heavy atom. The molecular formula is C14H19O2. The van der Waals surface area contributed by atoms with Crippen molar-refractivity contribution in [1.29, 1.82) is 0 Å². The van der Waals surface area contributed by atoms with Gasteiger partial charge in [-0.05, 0) is 50.5 Å². The van der Waals surface area contributed by atoms with Gasteiger partial charge in [-0.25, -0.2) is 4.79 Å². The van der Waals surface area contributed by atoms with Gasteiger partial charge in [0.1, 0.15) is 5.60 Å². The average molecular weight is 219 g/mol. The molecule has 2 nitrogen and oxygen atoms in total. The van der Waals surface area contributed by atoms with Crippen LogP contribution in [0, 0.1) is 6.07 Å². The molecule has 1 aromatic rings. The van der Waals surface area contributed by atoms with E-state index in [0.29, 0.717) is 11.5 Å². The Labute approximate surface area is 97.6 Å². The van der Waals surface area contributed by atoms with E-state index in [1.54, 1.807) is 12.1 Å². The zero-order chi connectivity index (χ0) is 12.3. The van der Waals surface area contributed by atoms with E-state index in [1.807, 2.05) is 26.8 Å². The van der Waals surface area contributed by atoms with Gasteiger partial charge < -0.3 is 4.74 Å². The van der Waals surface area contributed by atoms with Gasteiger partial charge in [-0.2, -0.15) is 0 Å². The largest absolute Gasteiger partial charge is 0.456 e. The molecule has 0 saturated heterocycles. The highest BCUT2D eigenvalue weighted by molar-refractivity contribution is 5.89. The highest BCUT2D eigenvalue weighted by Crippen LogP contribution is 2.16. The number of ether oxygens (including phenoxy) is 1. The normalized spacial score (nSPS) is 11.6. The number of hydrogen-bond acceptors (Lipinski definition) is 2. The predicted octanol–water partition coefficient (Wildman–Crippen LogP) is 3.57. The summed E-state index contributed by atoms with van der Waals surface area (Å²) in [4.78, 5) is 11.7. The predicted molar refractivity (Wildman–Crippen MR) is 64.5 cm³/mol. The Bertz CT molecular complexity index is 355. The smallest absolute Gasteiger partial charge is 0.338 e. The fourth-order valence-electron chi connectivity index (χ4n) is 1.26. The van der Waals surface area contributed by atoms with Crippen LogP contribution in [0.2, 0.25) is 0 Å². The van der Waals surface area contributed by atoms with Crippen LogP contribution in [-0.2, 0) is 4.74 Å². The Hall–Kier alpha value is -1.31. The molecule has 1 radical (unpaired) electrons. The van der Waals surface area contributed by atoms with Gasteiger partial charge >= 0.3 is 5.97 Å². The Morgan fingerprint density at radius 1 is 1.31 bits per heavy atom. The van der Waals surface area contributed by atoms with Gasteiger partial charge in [-0.1, -0.05) is 19.9 Å². The van der Waals surface area contributed by atoms with Crippen molar-refractivity contribution in [1.82, 2.24) is 0 Å². The molecule has 0 fully saturated rings. The third-order valence-corrected chi connectivity index (χ3v) is 2.09. The Morgan fingerprint density at radius 3 is 2.31 bits per heavy atom. The molecule has 0 amide bonds. The zero-order valence-corrected chi connectivity index (χ0v) is 10.6. The minimum atomic E-state index is -0.451. The summed E-state index contributed by atoms with van der Waals surface area (Å²) in [6.45, 7) is 9.77. The quantitative estimate of drug-likeness (QED) is 0.711. The molecule has 87 valence electrons. The van der Waals surface area contributed by atoms with Gasteiger partial charge in [0.25, 0.3) is 0 Å². The summed E-state index contributed by atoms with van der Waals surface area (Å²) >= 11 is 0. The van der Waals surface area contributed by atoms with Gasteiger partial charge in [-0.15, -0.1) is 0 Å². The van der Waals surface area contributed by atoms with E-state index in [1.165, 1.54) is 0 Å². The van der Waals surface area contributed by atoms with Crippen molar-refractivity contribution in [2.75, 3.05) is 0 Å². The molecule has 2 heteroatoms. The molecule has 0 N–H and O–H groups in total. The monoisotopic (exact) mass is 219 g/mol. The second-order valence-corrected chi connectivity index (χ2v) is 5.19. The summed E-state index contributed by atoms with van der Waals surface area (Å²) in [7, 11) is 0. The van der Waals surface area contributed by atoms with Gasteiger partial charge in [-0.3, -0.25) is 0 Å². The van der Waals surface area contributed by atoms with Crippen LogP contribution in [0.3, 0.4) is 0 Å². The van der Waals surface area contributed by atoms with Gasteiger partial charge in [0.15, 0.2) is 0 Å². The SMILES string of the molecule is CC(C)c1[c]cc(C(=O)OC(C)(C)C)cc1. The molecule has 0 saturated carbocycles. The first-order valence-corrected chi connectivity index (χ1v) is 5.54. The lowest BCUT2D eigenvalue weighted by Gasteiger charge is -2.19. The van der Waals surface area contributed by atoms with Crippen molar-refractivity contribution >= 4 is 5.97 Å². The summed E-state index contributed by atoms with van der Waals surface area (Å²) in [5.74, 6) is 0.131.